The minimum Gasteiger partial charge on any atom is -0.488 e. The largest absolute Gasteiger partial charge is 0.488 e. The Morgan fingerprint density at radius 2 is 1.68 bits per heavy atom. The number of nitrogens with one attached hydrogen (secondary N) is 2. The molecule has 14 nitrogen and oxygen atoms in total. The Kier molecular flexibility index (Phi) is 8.74. The van der Waals surface area contributed by atoms with Crippen molar-refractivity contribution >= 4 is 40.1 Å². The standard InChI is InChI=1S/C44H50FN9O5/c1-43(10-11-43)59-28-2-4-33-31(20-28)40(50-49-33)34-21-37(47-25-46-34)52-14-8-27(9-15-52)58-29-18-26(19-29)53-23-44(24-53)12-16-51(17-13-44)35-5-3-30-32(39(35)45)22-54(42(30)57)36-6-7-38(55)48-41(36)56/h2-5,20-21,25-27,29,36H,6-19,22-24H2,1H3,(H,49,50)(H,48,55,56). The van der Waals surface area contributed by atoms with E-state index in [0.717, 1.165) is 124 Å². The van der Waals surface area contributed by atoms with Crippen LogP contribution in [0.25, 0.3) is 22.3 Å². The first-order chi connectivity index (χ1) is 28.6. The number of halogens is 1. The second-order valence-corrected chi connectivity index (χ2v) is 18.4. The Morgan fingerprint density at radius 1 is 0.881 bits per heavy atom. The number of carbonyl (C=O) groups is 3. The monoisotopic (exact) mass is 803 g/mol. The van der Waals surface area contributed by atoms with Gasteiger partial charge in [-0.05, 0) is 100 Å². The molecule has 1 spiro atoms. The molecule has 7 heterocycles. The third kappa shape index (κ3) is 6.70. The van der Waals surface area contributed by atoms with Gasteiger partial charge in [0.2, 0.25) is 11.8 Å². The van der Waals surface area contributed by atoms with Gasteiger partial charge in [0.1, 0.15) is 35.2 Å². The number of nitrogens with zero attached hydrogens (tertiary/aromatic N) is 7. The Balaban J connectivity index is 0.631. The number of aromatic nitrogens is 4. The maximum atomic E-state index is 16.0. The van der Waals surface area contributed by atoms with Crippen molar-refractivity contribution in [3.63, 3.8) is 0 Å². The van der Waals surface area contributed by atoms with Crippen LogP contribution in [0.15, 0.2) is 42.7 Å². The number of hydrogen-bond acceptors (Lipinski definition) is 11. The summed E-state index contributed by atoms with van der Waals surface area (Å²) >= 11 is 0. The number of benzene rings is 2. The normalized spacial score (nSPS) is 26.5. The maximum absolute atomic E-state index is 16.0. The number of carbonyl (C=O) groups excluding carboxylic acids is 3. The number of imide groups is 1. The van der Waals surface area contributed by atoms with Crippen LogP contribution in [0.4, 0.5) is 15.9 Å². The van der Waals surface area contributed by atoms with Gasteiger partial charge in [-0.15, -0.1) is 0 Å². The third-order valence-corrected chi connectivity index (χ3v) is 14.4. The number of anilines is 2. The first-order valence-corrected chi connectivity index (χ1v) is 21.4. The van der Waals surface area contributed by atoms with Crippen molar-refractivity contribution < 1.29 is 28.2 Å². The molecule has 0 bridgehead atoms. The number of amides is 3. The Hall–Kier alpha value is -5.15. The fourth-order valence-electron chi connectivity index (χ4n) is 10.4. The fraction of sp³-hybridized carbons (Fsp3) is 0.545. The van der Waals surface area contributed by atoms with E-state index < -0.39 is 11.9 Å². The molecular formula is C44H50FN9O5. The molecule has 0 radical (unpaired) electrons. The predicted molar refractivity (Wildman–Crippen MR) is 216 cm³/mol. The Morgan fingerprint density at radius 3 is 2.44 bits per heavy atom. The molecule has 2 N–H and O–H groups in total. The van der Waals surface area contributed by atoms with E-state index in [1.165, 1.54) is 4.90 Å². The highest BCUT2D eigenvalue weighted by Crippen LogP contribution is 2.47. The molecule has 4 aromatic rings. The number of fused-ring (bicyclic) bond motifs is 2. The molecule has 11 rings (SSSR count). The van der Waals surface area contributed by atoms with E-state index in [-0.39, 0.29) is 54.1 Å². The molecule has 308 valence electrons. The molecule has 3 amide bonds. The minimum absolute atomic E-state index is 0.0461. The highest BCUT2D eigenvalue weighted by atomic mass is 19.1. The highest BCUT2D eigenvalue weighted by molar-refractivity contribution is 6.05. The fourth-order valence-corrected chi connectivity index (χ4v) is 10.4. The van der Waals surface area contributed by atoms with Crippen LogP contribution in [0.3, 0.4) is 0 Å². The molecule has 59 heavy (non-hydrogen) atoms. The summed E-state index contributed by atoms with van der Waals surface area (Å²) in [5.41, 5.74) is 3.97. The summed E-state index contributed by atoms with van der Waals surface area (Å²) in [4.78, 5) is 55.0. The van der Waals surface area contributed by atoms with Crippen LogP contribution in [0, 0.1) is 11.2 Å². The van der Waals surface area contributed by atoms with Gasteiger partial charge in [-0.2, -0.15) is 5.10 Å². The second kappa shape index (κ2) is 14.0. The molecule has 2 aromatic carbocycles. The van der Waals surface area contributed by atoms with Gasteiger partial charge in [0.05, 0.1) is 35.7 Å². The summed E-state index contributed by atoms with van der Waals surface area (Å²) in [6, 6.07) is 11.4. The molecular weight excluding hydrogens is 754 g/mol. The zero-order valence-corrected chi connectivity index (χ0v) is 33.4. The molecule has 1 atom stereocenters. The van der Waals surface area contributed by atoms with Gasteiger partial charge in [-0.25, -0.2) is 14.4 Å². The summed E-state index contributed by atoms with van der Waals surface area (Å²) in [6.45, 7) is 7.68. The van der Waals surface area contributed by atoms with Crippen LogP contribution < -0.4 is 19.9 Å². The van der Waals surface area contributed by atoms with Gasteiger partial charge in [0, 0.05) is 74.3 Å². The molecule has 5 aliphatic heterocycles. The highest BCUT2D eigenvalue weighted by Gasteiger charge is 2.50. The van der Waals surface area contributed by atoms with Crippen LogP contribution in [-0.2, 0) is 20.9 Å². The summed E-state index contributed by atoms with van der Waals surface area (Å²) in [7, 11) is 0. The van der Waals surface area contributed by atoms with Gasteiger partial charge in [0.15, 0.2) is 5.82 Å². The van der Waals surface area contributed by atoms with E-state index in [2.05, 4.69) is 53.2 Å². The zero-order valence-electron chi connectivity index (χ0n) is 33.4. The quantitative estimate of drug-likeness (QED) is 0.221. The third-order valence-electron chi connectivity index (χ3n) is 14.4. The number of hydrogen-bond donors (Lipinski definition) is 2. The smallest absolute Gasteiger partial charge is 0.255 e. The number of piperidine rings is 3. The van der Waals surface area contributed by atoms with Gasteiger partial charge >= 0.3 is 0 Å². The first-order valence-electron chi connectivity index (χ1n) is 21.4. The first kappa shape index (κ1) is 36.9. The van der Waals surface area contributed by atoms with Crippen LogP contribution in [0.5, 0.6) is 5.75 Å². The molecule has 2 saturated carbocycles. The molecule has 1 unspecified atom stereocenters. The van der Waals surface area contributed by atoms with Crippen molar-refractivity contribution in [1.29, 1.82) is 0 Å². The van der Waals surface area contributed by atoms with E-state index in [1.54, 1.807) is 18.5 Å². The lowest BCUT2D eigenvalue weighted by Gasteiger charge is -2.59. The van der Waals surface area contributed by atoms with Crippen molar-refractivity contribution in [2.45, 2.75) is 108 Å². The predicted octanol–water partition coefficient (Wildman–Crippen LogP) is 4.97. The van der Waals surface area contributed by atoms with Crippen LogP contribution in [0.1, 0.15) is 87.1 Å². The maximum Gasteiger partial charge on any atom is 0.255 e. The summed E-state index contributed by atoms with van der Waals surface area (Å²) in [5.74, 6) is 0.229. The Labute approximate surface area is 341 Å². The molecule has 4 saturated heterocycles. The minimum atomic E-state index is -0.755. The molecule has 7 aliphatic rings. The molecule has 2 aromatic heterocycles. The van der Waals surface area contributed by atoms with Gasteiger partial charge in [-0.3, -0.25) is 29.7 Å². The summed E-state index contributed by atoms with van der Waals surface area (Å²) in [5, 5.41) is 11.1. The van der Waals surface area contributed by atoms with E-state index in [0.29, 0.717) is 29.0 Å². The van der Waals surface area contributed by atoms with Crippen molar-refractivity contribution in [3.05, 3.63) is 59.7 Å². The van der Waals surface area contributed by atoms with E-state index >= 15 is 4.39 Å². The van der Waals surface area contributed by atoms with Gasteiger partial charge in [-0.1, -0.05) is 0 Å². The van der Waals surface area contributed by atoms with E-state index in [1.807, 2.05) is 18.2 Å². The number of likely N-dealkylation sites (tertiary alicyclic amines) is 1. The zero-order chi connectivity index (χ0) is 40.0. The average Bonchev–Trinajstić information content (AvgIpc) is 3.63. The topological polar surface area (TPSA) is 149 Å². The molecule has 6 fully saturated rings. The van der Waals surface area contributed by atoms with Crippen LogP contribution in [0.2, 0.25) is 0 Å². The number of ether oxygens (including phenoxy) is 2. The van der Waals surface area contributed by atoms with Crippen LogP contribution >= 0.6 is 0 Å². The molecule has 15 heteroatoms. The lowest BCUT2D eigenvalue weighted by atomic mass is 9.69. The van der Waals surface area contributed by atoms with Crippen molar-refractivity contribution in [2.24, 2.45) is 5.41 Å². The SMILES string of the molecule is CC1(Oc2ccc3[nH]nc(-c4cc(N5CCC(OC6CC(N7CC8(CCN(c9ccc%10c(c9F)CN(C9CCC(=O)NC9=O)C%10=O)CC8)C7)C6)CC5)ncn4)c3c2)CC1. The summed E-state index contributed by atoms with van der Waals surface area (Å²) in [6.07, 6.45) is 10.9. The van der Waals surface area contributed by atoms with Gasteiger partial charge < -0.3 is 24.2 Å². The lowest BCUT2D eigenvalue weighted by molar-refractivity contribution is -0.137. The summed E-state index contributed by atoms with van der Waals surface area (Å²) < 4.78 is 28.8. The van der Waals surface area contributed by atoms with Crippen LogP contribution in [-0.4, -0.2) is 117 Å². The van der Waals surface area contributed by atoms with E-state index in [9.17, 15) is 14.4 Å². The van der Waals surface area contributed by atoms with Crippen molar-refractivity contribution in [3.8, 4) is 17.1 Å². The second-order valence-electron chi connectivity index (χ2n) is 18.4. The number of H-pyrrole nitrogens is 1. The van der Waals surface area contributed by atoms with Crippen molar-refractivity contribution in [1.82, 2.24) is 35.3 Å². The molecule has 2 aliphatic carbocycles. The van der Waals surface area contributed by atoms with Crippen molar-refractivity contribution in [2.75, 3.05) is 49.1 Å². The van der Waals surface area contributed by atoms with Gasteiger partial charge in [0.25, 0.3) is 5.91 Å². The average molecular weight is 804 g/mol. The number of aromatic amines is 1. The lowest BCUT2D eigenvalue weighted by Crippen LogP contribution is -2.66. The van der Waals surface area contributed by atoms with E-state index in [4.69, 9.17) is 9.47 Å². The number of rotatable bonds is 9. The Bertz CT molecular complexity index is 2340.